The first-order valence-corrected chi connectivity index (χ1v) is 28.3. The molecule has 68 heavy (non-hydrogen) atoms. The number of hydrogen-bond acceptors (Lipinski definition) is 18. The molecule has 2 aliphatic heterocycles. The summed E-state index contributed by atoms with van der Waals surface area (Å²) < 4.78 is 188. The molecule has 0 radical (unpaired) electrons. The Balaban J connectivity index is 0.00000504. The number of carbonyl (C=O) groups is 2. The van der Waals surface area contributed by atoms with Crippen LogP contribution in [-0.2, 0) is 60.0 Å². The predicted octanol–water partition coefficient (Wildman–Crippen LogP) is -4.97. The molecule has 2 heterocycles. The second-order valence-corrected chi connectivity index (χ2v) is 25.6. The number of carbonyl (C=O) groups excluding carboxylic acids is 2. The van der Waals surface area contributed by atoms with E-state index in [1.165, 1.54) is 38.5 Å². The number of hydrogen-bond donors (Lipinski definition) is 2. The van der Waals surface area contributed by atoms with Crippen LogP contribution in [0.15, 0.2) is 92.4 Å². The van der Waals surface area contributed by atoms with Gasteiger partial charge in [0.15, 0.2) is 19.7 Å². The minimum absolute atomic E-state index is 0. The molecule has 2 saturated heterocycles. The number of sulfonamides is 2. The standard InChI is InChI=1S/C38H40N4O18S6.2Na/c1-59-31-11-7-27(21-35(31)63(49,50)41-13-17-61(45,46)18-14-41)37(43)39-29-9-5-25(33(23-29)65(53,54)55)3-4-26-6-10-30(24-34(26)66(56,57)58)40-38(44)28-8-12-32(60-2)36(22-28)64(51,52)42-15-19-62(47,48)20-16-42;;/h3-12,21-24H,13-20H2,1-2H3,(H,39,43)(H,40,44)(H,53,54,55)(H,56,57,58);;/q;2*+1/p-2/b4-3+;;. The molecule has 0 bridgehead atoms. The maximum Gasteiger partial charge on any atom is 1.00 e. The number of benzene rings is 4. The molecule has 2 N–H and O–H groups in total. The van der Waals surface area contributed by atoms with Crippen molar-refractivity contribution in [3.05, 3.63) is 95.1 Å². The third-order valence-corrected chi connectivity index (χ3v) is 19.1. The summed E-state index contributed by atoms with van der Waals surface area (Å²) >= 11 is 0. The van der Waals surface area contributed by atoms with Gasteiger partial charge in [0.2, 0.25) is 20.0 Å². The Kier molecular flexibility index (Phi) is 18.5. The monoisotopic (exact) mass is 1080 g/mol. The molecule has 0 spiro atoms. The molecule has 356 valence electrons. The van der Waals surface area contributed by atoms with Crippen LogP contribution >= 0.6 is 0 Å². The minimum atomic E-state index is -5.33. The molecule has 30 heteroatoms. The molecular weight excluding hydrogens is 1040 g/mol. The first-order chi connectivity index (χ1) is 30.6. The molecule has 22 nitrogen and oxygen atoms in total. The summed E-state index contributed by atoms with van der Waals surface area (Å²) in [5.41, 5.74) is -1.66. The number of rotatable bonds is 14. The van der Waals surface area contributed by atoms with Crippen LogP contribution in [0.2, 0.25) is 0 Å². The predicted molar refractivity (Wildman–Crippen MR) is 234 cm³/mol. The summed E-state index contributed by atoms with van der Waals surface area (Å²) in [7, 11) is -23.9. The van der Waals surface area contributed by atoms with E-state index in [9.17, 15) is 69.2 Å². The largest absolute Gasteiger partial charge is 1.00 e. The molecule has 0 aromatic heterocycles. The number of methoxy groups -OCH3 is 2. The Hall–Kier alpha value is -3.30. The van der Waals surface area contributed by atoms with Crippen LogP contribution in [0.3, 0.4) is 0 Å². The number of nitrogens with one attached hydrogen (secondary N) is 2. The van der Waals surface area contributed by atoms with Crippen LogP contribution in [0, 0.1) is 0 Å². The van der Waals surface area contributed by atoms with Gasteiger partial charge in [0, 0.05) is 48.7 Å². The van der Waals surface area contributed by atoms with Crippen molar-refractivity contribution in [1.29, 1.82) is 0 Å². The minimum Gasteiger partial charge on any atom is -0.744 e. The molecule has 2 aliphatic rings. The Bertz CT molecular complexity index is 3120. The summed E-state index contributed by atoms with van der Waals surface area (Å²) in [6.45, 7) is -1.34. The summed E-state index contributed by atoms with van der Waals surface area (Å²) in [5, 5.41) is 4.73. The van der Waals surface area contributed by atoms with Gasteiger partial charge in [0.25, 0.3) is 11.8 Å². The Morgan fingerprint density at radius 2 is 0.853 bits per heavy atom. The van der Waals surface area contributed by atoms with E-state index < -0.39 is 114 Å². The Morgan fingerprint density at radius 1 is 0.529 bits per heavy atom. The molecule has 0 unspecified atom stereocenters. The molecule has 4 aromatic rings. The smallest absolute Gasteiger partial charge is 0.744 e. The first kappa shape index (κ1) is 57.3. The molecule has 4 aromatic carbocycles. The van der Waals surface area contributed by atoms with Crippen molar-refractivity contribution in [3.63, 3.8) is 0 Å². The van der Waals surface area contributed by atoms with Crippen molar-refractivity contribution in [1.82, 2.24) is 8.61 Å². The summed E-state index contributed by atoms with van der Waals surface area (Å²) in [6.07, 6.45) is 1.98. The third-order valence-electron chi connectivity index (χ3n) is 10.2. The normalized spacial score (nSPS) is 16.7. The van der Waals surface area contributed by atoms with Crippen molar-refractivity contribution in [2.24, 2.45) is 0 Å². The zero-order valence-corrected chi connectivity index (χ0v) is 45.3. The zero-order valence-electron chi connectivity index (χ0n) is 36.4. The van der Waals surface area contributed by atoms with Crippen molar-refractivity contribution in [2.75, 3.05) is 74.0 Å². The molecule has 6 rings (SSSR count). The third kappa shape index (κ3) is 13.4. The quantitative estimate of drug-likeness (QED) is 0.0679. The molecule has 0 saturated carbocycles. The first-order valence-electron chi connectivity index (χ1n) is 18.9. The number of ether oxygens (including phenoxy) is 2. The van der Waals surface area contributed by atoms with Gasteiger partial charge >= 0.3 is 59.1 Å². The van der Waals surface area contributed by atoms with E-state index in [-0.39, 0.29) is 130 Å². The van der Waals surface area contributed by atoms with E-state index >= 15 is 0 Å². The number of nitrogens with zero attached hydrogens (tertiary/aromatic N) is 2. The van der Waals surface area contributed by atoms with Gasteiger partial charge < -0.3 is 29.2 Å². The van der Waals surface area contributed by atoms with Gasteiger partial charge in [-0.25, -0.2) is 50.5 Å². The van der Waals surface area contributed by atoms with Gasteiger partial charge in [0.05, 0.1) is 47.0 Å². The van der Waals surface area contributed by atoms with E-state index in [0.29, 0.717) is 0 Å². The molecule has 2 amide bonds. The average molecular weight is 1080 g/mol. The SMILES string of the molecule is COc1ccc(C(=O)Nc2ccc(/C=C/c3ccc(NC(=O)c4ccc(OC)c(S(=O)(=O)N5CCS(=O)(=O)CC5)c4)cc3S(=O)(=O)[O-])c(S(=O)(=O)[O-])c2)cc1S(=O)(=O)N1CCS(=O)(=O)CC1.[Na+].[Na+]. The van der Waals surface area contributed by atoms with Crippen LogP contribution in [0.4, 0.5) is 11.4 Å². The molecular formula is C38H38N4Na2O18S6. The van der Waals surface area contributed by atoms with Crippen LogP contribution in [0.5, 0.6) is 11.5 Å². The second-order valence-electron chi connectivity index (χ2n) is 14.5. The van der Waals surface area contributed by atoms with Crippen molar-refractivity contribution >= 4 is 95.3 Å². The summed E-state index contributed by atoms with van der Waals surface area (Å²) in [6, 6.07) is 12.8. The topological polar surface area (TPSA) is 334 Å². The maximum atomic E-state index is 13.5. The van der Waals surface area contributed by atoms with Gasteiger partial charge in [-0.15, -0.1) is 0 Å². The Morgan fingerprint density at radius 3 is 1.15 bits per heavy atom. The van der Waals surface area contributed by atoms with Crippen LogP contribution < -0.4 is 79.2 Å². The number of sulfone groups is 2. The molecule has 2 fully saturated rings. The summed E-state index contributed by atoms with van der Waals surface area (Å²) in [4.78, 5) is 24.0. The fraction of sp³-hybridized carbons (Fsp3) is 0.263. The molecule has 0 atom stereocenters. The molecule has 0 aliphatic carbocycles. The number of anilines is 2. The second kappa shape index (κ2) is 22.0. The Labute approximate surface area is 437 Å². The van der Waals surface area contributed by atoms with E-state index in [4.69, 9.17) is 9.47 Å². The van der Waals surface area contributed by atoms with Gasteiger partial charge in [-0.3, -0.25) is 9.59 Å². The van der Waals surface area contributed by atoms with E-state index in [1.54, 1.807) is 0 Å². The fourth-order valence-corrected chi connectivity index (χ4v) is 14.2. The van der Waals surface area contributed by atoms with Crippen molar-refractivity contribution < 1.29 is 138 Å². The van der Waals surface area contributed by atoms with Gasteiger partial charge in [-0.1, -0.05) is 24.3 Å². The van der Waals surface area contributed by atoms with Crippen molar-refractivity contribution in [2.45, 2.75) is 19.6 Å². The number of amides is 2. The van der Waals surface area contributed by atoms with E-state index in [1.807, 2.05) is 0 Å². The summed E-state index contributed by atoms with van der Waals surface area (Å²) in [5.74, 6) is -3.88. The van der Waals surface area contributed by atoms with E-state index in [0.717, 1.165) is 69.3 Å². The van der Waals surface area contributed by atoms with Gasteiger partial charge in [-0.2, -0.15) is 8.61 Å². The van der Waals surface area contributed by atoms with Crippen LogP contribution in [-0.4, -0.2) is 143 Å². The maximum absolute atomic E-state index is 13.5. The zero-order chi connectivity index (χ0) is 48.6. The van der Waals surface area contributed by atoms with Crippen molar-refractivity contribution in [3.8, 4) is 11.5 Å². The van der Waals surface area contributed by atoms with Gasteiger partial charge in [0.1, 0.15) is 41.5 Å². The van der Waals surface area contributed by atoms with E-state index in [2.05, 4.69) is 10.6 Å². The fourth-order valence-electron chi connectivity index (χ4n) is 6.71. The van der Waals surface area contributed by atoms with Crippen LogP contribution in [0.1, 0.15) is 31.8 Å². The van der Waals surface area contributed by atoms with Gasteiger partial charge in [-0.05, 0) is 71.8 Å². The average Bonchev–Trinajstić information content (AvgIpc) is 3.24. The van der Waals surface area contributed by atoms with Crippen LogP contribution in [0.25, 0.3) is 12.2 Å².